The molecule has 0 saturated heterocycles. The number of benzene rings is 2. The van der Waals surface area contributed by atoms with E-state index < -0.39 is 23.6 Å². The highest BCUT2D eigenvalue weighted by Crippen LogP contribution is 2.31. The molecule has 9 heteroatoms. The van der Waals surface area contributed by atoms with E-state index in [1.807, 2.05) is 6.92 Å². The van der Waals surface area contributed by atoms with Crippen LogP contribution < -0.4 is 15.2 Å². The van der Waals surface area contributed by atoms with Gasteiger partial charge in [-0.3, -0.25) is 14.4 Å². The molecule has 0 spiro atoms. The van der Waals surface area contributed by atoms with Gasteiger partial charge in [-0.1, -0.05) is 25.1 Å². The number of hydrogen-bond donors (Lipinski definition) is 3. The van der Waals surface area contributed by atoms with Gasteiger partial charge in [0.05, 0.1) is 27.2 Å². The minimum atomic E-state index is -0.961. The number of nitrogens with two attached hydrogens (primary N) is 1. The summed E-state index contributed by atoms with van der Waals surface area (Å²) in [6.45, 7) is 2.12. The van der Waals surface area contributed by atoms with E-state index >= 15 is 0 Å². The first-order valence-corrected chi connectivity index (χ1v) is 11.3. The highest BCUT2D eigenvalue weighted by molar-refractivity contribution is 6.11. The van der Waals surface area contributed by atoms with Crippen molar-refractivity contribution in [2.45, 2.75) is 32.2 Å². The molecule has 4 N–H and O–H groups in total. The molecule has 192 valence electrons. The van der Waals surface area contributed by atoms with Crippen LogP contribution in [0.2, 0.25) is 0 Å². The van der Waals surface area contributed by atoms with Crippen molar-refractivity contribution in [2.24, 2.45) is 5.73 Å². The van der Waals surface area contributed by atoms with E-state index in [4.69, 9.17) is 19.9 Å². The van der Waals surface area contributed by atoms with Crippen LogP contribution in [0, 0.1) is 0 Å². The number of methoxy groups -OCH3 is 2. The molecule has 9 nitrogen and oxygen atoms in total. The van der Waals surface area contributed by atoms with Gasteiger partial charge in [0, 0.05) is 0 Å². The summed E-state index contributed by atoms with van der Waals surface area (Å²) in [5.41, 5.74) is 7.58. The van der Waals surface area contributed by atoms with E-state index in [9.17, 15) is 24.6 Å². The van der Waals surface area contributed by atoms with Crippen LogP contribution in [0.15, 0.2) is 42.5 Å². The molecule has 2 rings (SSSR count). The van der Waals surface area contributed by atoms with Gasteiger partial charge in [0.25, 0.3) is 0 Å². The number of rotatable bonds is 13. The molecule has 0 radical (unpaired) electrons. The lowest BCUT2D eigenvalue weighted by molar-refractivity contribution is -0.145. The van der Waals surface area contributed by atoms with Crippen molar-refractivity contribution >= 4 is 29.7 Å². The maximum atomic E-state index is 12.4. The predicted molar refractivity (Wildman–Crippen MR) is 135 cm³/mol. The number of esters is 1. The van der Waals surface area contributed by atoms with Gasteiger partial charge in [-0.25, -0.2) is 0 Å². The summed E-state index contributed by atoms with van der Waals surface area (Å²) >= 11 is 0. The van der Waals surface area contributed by atoms with Crippen LogP contribution in [0.4, 0.5) is 0 Å². The summed E-state index contributed by atoms with van der Waals surface area (Å²) in [6.07, 6.45) is 5.87. The van der Waals surface area contributed by atoms with Crippen molar-refractivity contribution in [1.29, 1.82) is 0 Å². The van der Waals surface area contributed by atoms with Crippen LogP contribution in [0.5, 0.6) is 23.0 Å². The van der Waals surface area contributed by atoms with Crippen LogP contribution in [-0.2, 0) is 25.5 Å². The molecule has 0 heterocycles. The third-order valence-electron chi connectivity index (χ3n) is 5.09. The zero-order valence-electron chi connectivity index (χ0n) is 20.5. The molecule has 2 aromatic rings. The van der Waals surface area contributed by atoms with E-state index in [0.29, 0.717) is 23.1 Å². The number of carbonyl (C=O) groups is 3. The second kappa shape index (κ2) is 13.7. The molecule has 0 aliphatic heterocycles. The molecule has 0 saturated carbocycles. The summed E-state index contributed by atoms with van der Waals surface area (Å²) in [5.74, 6) is -1.15. The van der Waals surface area contributed by atoms with Gasteiger partial charge in [-0.15, -0.1) is 0 Å². The van der Waals surface area contributed by atoms with Gasteiger partial charge in [-0.2, -0.15) is 0 Å². The Hall–Kier alpha value is -4.11. The molecule has 36 heavy (non-hydrogen) atoms. The fourth-order valence-corrected chi connectivity index (χ4v) is 3.21. The molecule has 0 aliphatic carbocycles. The maximum absolute atomic E-state index is 12.4. The van der Waals surface area contributed by atoms with E-state index in [2.05, 4.69) is 0 Å². The van der Waals surface area contributed by atoms with Crippen LogP contribution in [0.1, 0.15) is 36.5 Å². The van der Waals surface area contributed by atoms with Crippen molar-refractivity contribution in [3.8, 4) is 23.0 Å². The molecular formula is C27H31NO8. The van der Waals surface area contributed by atoms with Crippen molar-refractivity contribution in [1.82, 2.24) is 0 Å². The molecule has 1 unspecified atom stereocenters. The number of aromatic hydroxyl groups is 2. The smallest absolute Gasteiger partial charge is 0.323 e. The van der Waals surface area contributed by atoms with Crippen LogP contribution in [-0.4, -0.2) is 54.6 Å². The number of ether oxygens (including phenoxy) is 3. The minimum Gasteiger partial charge on any atom is -0.504 e. The Morgan fingerprint density at radius 1 is 0.944 bits per heavy atom. The third-order valence-corrected chi connectivity index (χ3v) is 5.09. The number of phenolic OH excluding ortho intramolecular Hbond substituents is 2. The number of carbonyl (C=O) groups excluding carboxylic acids is 3. The highest BCUT2D eigenvalue weighted by Gasteiger charge is 2.19. The monoisotopic (exact) mass is 497 g/mol. The quantitative estimate of drug-likeness (QED) is 0.216. The summed E-state index contributed by atoms with van der Waals surface area (Å²) in [6, 6.07) is 6.57. The molecule has 2 aromatic carbocycles. The van der Waals surface area contributed by atoms with Gasteiger partial charge < -0.3 is 30.2 Å². The number of ketones is 2. The first-order valence-electron chi connectivity index (χ1n) is 11.3. The zero-order valence-corrected chi connectivity index (χ0v) is 20.5. The minimum absolute atomic E-state index is 0.0228. The van der Waals surface area contributed by atoms with E-state index in [0.717, 1.165) is 0 Å². The fraction of sp³-hybridized carbons (Fsp3) is 0.296. The van der Waals surface area contributed by atoms with Crippen molar-refractivity contribution in [3.05, 3.63) is 59.2 Å². The first-order chi connectivity index (χ1) is 17.2. The summed E-state index contributed by atoms with van der Waals surface area (Å²) in [5, 5.41) is 19.8. The van der Waals surface area contributed by atoms with E-state index in [1.54, 1.807) is 12.1 Å². The maximum Gasteiger partial charge on any atom is 0.323 e. The van der Waals surface area contributed by atoms with Crippen LogP contribution in [0.25, 0.3) is 12.2 Å². The molecule has 0 amide bonds. The number of allylic oxidation sites excluding steroid dienone is 2. The normalized spacial score (nSPS) is 12.0. The van der Waals surface area contributed by atoms with Crippen molar-refractivity contribution < 1.29 is 38.8 Å². The lowest BCUT2D eigenvalue weighted by atomic mass is 9.98. The van der Waals surface area contributed by atoms with Crippen LogP contribution >= 0.6 is 0 Å². The molecule has 1 atom stereocenters. The van der Waals surface area contributed by atoms with Gasteiger partial charge in [0.1, 0.15) is 6.04 Å². The molecule has 0 fully saturated rings. The van der Waals surface area contributed by atoms with E-state index in [1.165, 1.54) is 56.7 Å². The average Bonchev–Trinajstić information content (AvgIpc) is 2.86. The van der Waals surface area contributed by atoms with Crippen molar-refractivity contribution in [2.75, 3.05) is 20.8 Å². The first kappa shape index (κ1) is 28.1. The van der Waals surface area contributed by atoms with Gasteiger partial charge in [-0.05, 0) is 65.9 Å². The topological polar surface area (TPSA) is 145 Å². The fourth-order valence-electron chi connectivity index (χ4n) is 3.21. The molecule has 0 aliphatic rings. The summed E-state index contributed by atoms with van der Waals surface area (Å²) in [7, 11) is 2.80. The Labute approximate surface area is 209 Å². The van der Waals surface area contributed by atoms with Gasteiger partial charge in [0.2, 0.25) is 0 Å². The predicted octanol–water partition coefficient (Wildman–Crippen LogP) is 3.19. The molecule has 0 bridgehead atoms. The SMILES string of the molecule is CCCOC(=O)C(N)Cc1cc(O)c(OC)cc1C=CC(=O)CC(=O)C=Cc1ccc(O)c(OC)c1. The lowest BCUT2D eigenvalue weighted by Gasteiger charge is -2.15. The number of hydrogen-bond acceptors (Lipinski definition) is 9. The standard InChI is InChI=1S/C27H31NO8/c1-4-11-36-27(33)22(28)13-19-14-24(32)26(35-3)15-18(19)7-9-21(30)16-20(29)8-5-17-6-10-23(31)25(12-17)34-2/h5-10,12,14-15,22,31-32H,4,11,13,16,28H2,1-3H3. The second-order valence-corrected chi connectivity index (χ2v) is 7.91. The van der Waals surface area contributed by atoms with E-state index in [-0.39, 0.29) is 42.4 Å². The Morgan fingerprint density at radius 2 is 1.58 bits per heavy atom. The number of phenols is 2. The molecular weight excluding hydrogens is 466 g/mol. The molecule has 0 aromatic heterocycles. The Balaban J connectivity index is 2.12. The lowest BCUT2D eigenvalue weighted by Crippen LogP contribution is -2.34. The highest BCUT2D eigenvalue weighted by atomic mass is 16.5. The largest absolute Gasteiger partial charge is 0.504 e. The third kappa shape index (κ3) is 8.28. The summed E-state index contributed by atoms with van der Waals surface area (Å²) in [4.78, 5) is 36.7. The second-order valence-electron chi connectivity index (χ2n) is 7.91. The Morgan fingerprint density at radius 3 is 2.22 bits per heavy atom. The zero-order chi connectivity index (χ0) is 26.7. The Kier molecular flexibility index (Phi) is 10.7. The van der Waals surface area contributed by atoms with Gasteiger partial charge >= 0.3 is 5.97 Å². The van der Waals surface area contributed by atoms with Crippen molar-refractivity contribution in [3.63, 3.8) is 0 Å². The Bertz CT molecular complexity index is 1150. The summed E-state index contributed by atoms with van der Waals surface area (Å²) < 4.78 is 15.2. The average molecular weight is 498 g/mol. The van der Waals surface area contributed by atoms with Crippen LogP contribution in [0.3, 0.4) is 0 Å². The van der Waals surface area contributed by atoms with Gasteiger partial charge in [0.15, 0.2) is 34.6 Å².